The first kappa shape index (κ1) is 19.0. The summed E-state index contributed by atoms with van der Waals surface area (Å²) in [5.41, 5.74) is 2.96. The van der Waals surface area contributed by atoms with E-state index in [4.69, 9.17) is 0 Å². The van der Waals surface area contributed by atoms with E-state index in [0.29, 0.717) is 18.1 Å². The van der Waals surface area contributed by atoms with Crippen LogP contribution in [0.3, 0.4) is 0 Å². The van der Waals surface area contributed by atoms with Gasteiger partial charge in [-0.25, -0.2) is 0 Å². The first-order chi connectivity index (χ1) is 10.2. The van der Waals surface area contributed by atoms with Crippen LogP contribution < -0.4 is 5.32 Å². The number of rotatable bonds is 7. The zero-order chi connectivity index (χ0) is 15.2. The van der Waals surface area contributed by atoms with Crippen LogP contribution in [0.25, 0.3) is 0 Å². The topological polar surface area (TPSA) is 52.6 Å². The molecule has 1 atom stereocenters. The monoisotopic (exact) mass is 370 g/mol. The highest BCUT2D eigenvalue weighted by Crippen LogP contribution is 2.35. The van der Waals surface area contributed by atoms with Gasteiger partial charge in [0.15, 0.2) is 0 Å². The summed E-state index contributed by atoms with van der Waals surface area (Å²) in [4.78, 5) is 13.4. The second-order valence-corrected chi connectivity index (χ2v) is 5.79. The molecule has 1 aliphatic rings. The number of nitrogens with one attached hydrogen (secondary N) is 1. The quantitative estimate of drug-likeness (QED) is 0.570. The van der Waals surface area contributed by atoms with Crippen molar-refractivity contribution in [3.05, 3.63) is 23.3 Å². The molecular weight excluding hydrogens is 344 g/mol. The third-order valence-electron chi connectivity index (χ3n) is 4.32. The van der Waals surface area contributed by atoms with Crippen LogP contribution in [0.4, 0.5) is 5.69 Å². The Hall–Kier alpha value is -1.07. The summed E-state index contributed by atoms with van der Waals surface area (Å²) in [6.07, 6.45) is 6.02. The predicted molar refractivity (Wildman–Crippen MR) is 96.1 cm³/mol. The van der Waals surface area contributed by atoms with Crippen LogP contribution in [-0.4, -0.2) is 35.5 Å². The van der Waals surface area contributed by atoms with Crippen LogP contribution >= 0.6 is 17.0 Å². The molecule has 0 aliphatic heterocycles. The van der Waals surface area contributed by atoms with E-state index in [1.807, 2.05) is 6.07 Å². The third kappa shape index (κ3) is 4.23. The zero-order valence-corrected chi connectivity index (χ0v) is 15.2. The molecule has 0 fully saturated rings. The number of carbonyl (C=O) groups is 1. The minimum atomic E-state index is 0. The molecule has 1 aliphatic carbocycles. The second-order valence-electron chi connectivity index (χ2n) is 5.79. The van der Waals surface area contributed by atoms with Crippen molar-refractivity contribution < 1.29 is 9.90 Å². The van der Waals surface area contributed by atoms with Crippen molar-refractivity contribution in [1.82, 2.24) is 4.90 Å². The molecule has 0 bridgehead atoms. The van der Waals surface area contributed by atoms with Crippen LogP contribution in [0.1, 0.15) is 44.2 Å². The van der Waals surface area contributed by atoms with Gasteiger partial charge in [-0.05, 0) is 62.4 Å². The molecule has 4 nitrogen and oxygen atoms in total. The van der Waals surface area contributed by atoms with Gasteiger partial charge in [0.1, 0.15) is 5.75 Å². The van der Waals surface area contributed by atoms with Crippen molar-refractivity contribution >= 4 is 29.1 Å². The summed E-state index contributed by atoms with van der Waals surface area (Å²) in [5, 5.41) is 12.7. The number of fused-ring (bicyclic) bond motifs is 1. The Morgan fingerprint density at radius 2 is 2.00 bits per heavy atom. The summed E-state index contributed by atoms with van der Waals surface area (Å²) >= 11 is 0. The van der Waals surface area contributed by atoms with E-state index in [2.05, 4.69) is 24.1 Å². The molecule has 0 heterocycles. The fourth-order valence-corrected chi connectivity index (χ4v) is 3.39. The van der Waals surface area contributed by atoms with Crippen LogP contribution in [0.15, 0.2) is 12.1 Å². The van der Waals surface area contributed by atoms with Crippen molar-refractivity contribution in [3.63, 3.8) is 0 Å². The highest BCUT2D eigenvalue weighted by Gasteiger charge is 2.26. The van der Waals surface area contributed by atoms with Crippen molar-refractivity contribution in [1.29, 1.82) is 0 Å². The number of phenols is 1. The van der Waals surface area contributed by atoms with Gasteiger partial charge in [0.2, 0.25) is 6.41 Å². The van der Waals surface area contributed by atoms with Gasteiger partial charge in [-0.3, -0.25) is 4.79 Å². The summed E-state index contributed by atoms with van der Waals surface area (Å²) in [7, 11) is 0. The minimum Gasteiger partial charge on any atom is -0.506 e. The molecule has 2 rings (SSSR count). The standard InChI is InChI=1S/C17H26N2O2.BrH/c1-3-9-19(10-4-2)14-7-5-13-6-8-16(21)17(18-12-20)15(13)11-14;/h6,8,12,14,21H,3-5,7,9-11H2,1-2H3,(H,18,20);1H. The lowest BCUT2D eigenvalue weighted by Gasteiger charge is -2.35. The van der Waals surface area contributed by atoms with Gasteiger partial charge in [-0.2, -0.15) is 0 Å². The number of carbonyl (C=O) groups excluding carboxylic acids is 1. The van der Waals surface area contributed by atoms with E-state index in [1.54, 1.807) is 6.07 Å². The average molecular weight is 371 g/mol. The van der Waals surface area contributed by atoms with Crippen LogP contribution in [0, 0.1) is 0 Å². The molecule has 0 spiro atoms. The maximum absolute atomic E-state index is 10.8. The molecule has 22 heavy (non-hydrogen) atoms. The number of nitrogens with zero attached hydrogens (tertiary/aromatic N) is 1. The summed E-state index contributed by atoms with van der Waals surface area (Å²) in [6.45, 7) is 6.65. The number of hydrogen-bond acceptors (Lipinski definition) is 3. The van der Waals surface area contributed by atoms with Gasteiger partial charge < -0.3 is 15.3 Å². The first-order valence-corrected chi connectivity index (χ1v) is 7.99. The Morgan fingerprint density at radius 3 is 2.59 bits per heavy atom. The summed E-state index contributed by atoms with van der Waals surface area (Å²) < 4.78 is 0. The maximum atomic E-state index is 10.8. The van der Waals surface area contributed by atoms with Crippen molar-refractivity contribution in [2.45, 2.75) is 52.0 Å². The van der Waals surface area contributed by atoms with Gasteiger partial charge in [0.05, 0.1) is 5.69 Å². The van der Waals surface area contributed by atoms with Crippen LogP contribution in [0.5, 0.6) is 5.75 Å². The molecule has 0 saturated carbocycles. The van der Waals surface area contributed by atoms with Gasteiger partial charge in [0, 0.05) is 6.04 Å². The van der Waals surface area contributed by atoms with Crippen LogP contribution in [-0.2, 0) is 17.6 Å². The Balaban J connectivity index is 0.00000242. The maximum Gasteiger partial charge on any atom is 0.211 e. The Labute approximate surface area is 143 Å². The number of phenolic OH excluding ortho intramolecular Hbond substituents is 1. The van der Waals surface area contributed by atoms with Crippen molar-refractivity contribution in [3.8, 4) is 5.75 Å². The molecule has 0 aromatic heterocycles. The largest absolute Gasteiger partial charge is 0.506 e. The van der Waals surface area contributed by atoms with E-state index >= 15 is 0 Å². The SMILES string of the molecule is Br.CCCN(CCC)C1CCc2ccc(O)c(NC=O)c2C1. The van der Waals surface area contributed by atoms with E-state index in [0.717, 1.165) is 50.8 Å². The molecular formula is C17H27BrN2O2. The van der Waals surface area contributed by atoms with Gasteiger partial charge >= 0.3 is 0 Å². The molecule has 1 aromatic rings. The smallest absolute Gasteiger partial charge is 0.211 e. The fourth-order valence-electron chi connectivity index (χ4n) is 3.39. The molecule has 1 amide bonds. The summed E-state index contributed by atoms with van der Waals surface area (Å²) in [5.74, 6) is 0.166. The van der Waals surface area contributed by atoms with Gasteiger partial charge in [-0.1, -0.05) is 19.9 Å². The Bertz CT molecular complexity index is 488. The number of aromatic hydroxyl groups is 1. The normalized spacial score (nSPS) is 16.8. The van der Waals surface area contributed by atoms with Gasteiger partial charge in [-0.15, -0.1) is 17.0 Å². The fraction of sp³-hybridized carbons (Fsp3) is 0.588. The van der Waals surface area contributed by atoms with E-state index in [1.165, 1.54) is 5.56 Å². The molecule has 0 saturated heterocycles. The van der Waals surface area contributed by atoms with E-state index in [-0.39, 0.29) is 22.7 Å². The lowest BCUT2D eigenvalue weighted by atomic mass is 9.86. The Morgan fingerprint density at radius 1 is 1.32 bits per heavy atom. The minimum absolute atomic E-state index is 0. The molecule has 5 heteroatoms. The van der Waals surface area contributed by atoms with Crippen molar-refractivity contribution in [2.24, 2.45) is 0 Å². The number of anilines is 1. The predicted octanol–water partition coefficient (Wildman–Crippen LogP) is 3.52. The molecule has 1 aromatic carbocycles. The first-order valence-electron chi connectivity index (χ1n) is 7.99. The summed E-state index contributed by atoms with van der Waals surface area (Å²) in [6, 6.07) is 4.17. The molecule has 124 valence electrons. The van der Waals surface area contributed by atoms with Crippen molar-refractivity contribution in [2.75, 3.05) is 18.4 Å². The zero-order valence-electron chi connectivity index (χ0n) is 13.5. The molecule has 2 N–H and O–H groups in total. The molecule has 1 unspecified atom stereocenters. The second kappa shape index (κ2) is 9.16. The van der Waals surface area contributed by atoms with E-state index in [9.17, 15) is 9.90 Å². The highest BCUT2D eigenvalue weighted by molar-refractivity contribution is 8.93. The lowest BCUT2D eigenvalue weighted by molar-refractivity contribution is -0.105. The Kier molecular flexibility index (Phi) is 7.90. The number of benzene rings is 1. The van der Waals surface area contributed by atoms with Gasteiger partial charge in [0.25, 0.3) is 0 Å². The number of aryl methyl sites for hydroxylation is 1. The third-order valence-corrected chi connectivity index (χ3v) is 4.32. The number of halogens is 1. The van der Waals surface area contributed by atoms with E-state index < -0.39 is 0 Å². The number of amides is 1. The number of hydrogen-bond donors (Lipinski definition) is 2. The average Bonchev–Trinajstić information content (AvgIpc) is 2.49. The lowest BCUT2D eigenvalue weighted by Crippen LogP contribution is -2.40. The molecule has 0 radical (unpaired) electrons. The highest BCUT2D eigenvalue weighted by atomic mass is 79.9. The van der Waals surface area contributed by atoms with Crippen LogP contribution in [0.2, 0.25) is 0 Å².